The minimum Gasteiger partial charge on any atom is -0.470 e. The number of carbonyl (C=O) groups excluding carboxylic acids is 6. The summed E-state index contributed by atoms with van der Waals surface area (Å²) in [6, 6.07) is 0. The van der Waals surface area contributed by atoms with Gasteiger partial charge < -0.3 is 43.0 Å². The van der Waals surface area contributed by atoms with Gasteiger partial charge in [0.2, 0.25) is 5.82 Å². The van der Waals surface area contributed by atoms with Gasteiger partial charge in [0.05, 0.1) is 31.5 Å². The molecule has 17 nitrogen and oxygen atoms in total. The van der Waals surface area contributed by atoms with Crippen LogP contribution in [0, 0.1) is 0 Å². The third-order valence-corrected chi connectivity index (χ3v) is 7.02. The van der Waals surface area contributed by atoms with Gasteiger partial charge in [0.1, 0.15) is 6.61 Å². The first kappa shape index (κ1) is 39.1. The van der Waals surface area contributed by atoms with E-state index in [4.69, 9.17) is 33.2 Å². The molecule has 5 atom stereocenters. The number of rotatable bonds is 15. The van der Waals surface area contributed by atoms with Crippen LogP contribution in [-0.2, 0) is 57.2 Å². The van der Waals surface area contributed by atoms with Gasteiger partial charge in [-0.05, 0) is 48.5 Å². The zero-order valence-electron chi connectivity index (χ0n) is 28.1. The molecule has 47 heavy (non-hydrogen) atoms. The molecule has 1 aliphatic heterocycles. The van der Waals surface area contributed by atoms with Crippen molar-refractivity contribution < 1.29 is 61.9 Å². The third-order valence-electron chi connectivity index (χ3n) is 6.52. The number of morpholine rings is 1. The minimum absolute atomic E-state index is 0.183. The Morgan fingerprint density at radius 3 is 1.79 bits per heavy atom. The summed E-state index contributed by atoms with van der Waals surface area (Å²) in [6.45, 7) is 14.3. The van der Waals surface area contributed by atoms with Crippen LogP contribution in [0.25, 0.3) is 0 Å². The molecular weight excluding hydrogens is 644 g/mol. The monoisotopic (exact) mass is 688 g/mol. The molecule has 1 saturated heterocycles. The second kappa shape index (κ2) is 17.7. The van der Waals surface area contributed by atoms with Crippen molar-refractivity contribution in [1.82, 2.24) is 13.6 Å². The number of hydrogen-bond acceptors (Lipinski definition) is 17. The SMILES string of the molecule is CC(=O)OC(C)C(=O)OC(C)C(=O)O[C@H](COc1nsnc1N1CCOCC1)CN(C(=O)C(C)OC(=O)C(C)OC(C)=O)C(C)(C)C. The van der Waals surface area contributed by atoms with Gasteiger partial charge in [-0.25, -0.2) is 14.4 Å². The topological polar surface area (TPSA) is 199 Å². The number of nitrogens with zero attached hydrogens (tertiary/aromatic N) is 4. The molecule has 264 valence electrons. The number of esters is 5. The summed E-state index contributed by atoms with van der Waals surface area (Å²) in [4.78, 5) is 77.3. The number of anilines is 1. The average Bonchev–Trinajstić information content (AvgIpc) is 3.45. The van der Waals surface area contributed by atoms with E-state index in [0.717, 1.165) is 25.6 Å². The third kappa shape index (κ3) is 12.6. The van der Waals surface area contributed by atoms with Crippen LogP contribution in [0.15, 0.2) is 0 Å². The van der Waals surface area contributed by atoms with Crippen molar-refractivity contribution in [2.24, 2.45) is 0 Å². The summed E-state index contributed by atoms with van der Waals surface area (Å²) in [5.74, 6) is -4.23. The molecule has 2 rings (SSSR count). The Labute approximate surface area is 277 Å². The molecule has 4 unspecified atom stereocenters. The Hall–Kier alpha value is -4.06. The van der Waals surface area contributed by atoms with Crippen molar-refractivity contribution in [2.45, 2.75) is 98.4 Å². The molecule has 2 heterocycles. The molecule has 0 radical (unpaired) electrons. The largest absolute Gasteiger partial charge is 0.470 e. The lowest BCUT2D eigenvalue weighted by Gasteiger charge is -2.39. The predicted octanol–water partition coefficient (Wildman–Crippen LogP) is 1.06. The fraction of sp³-hybridized carbons (Fsp3) is 0.724. The quantitative estimate of drug-likeness (QED) is 0.187. The zero-order chi connectivity index (χ0) is 35.5. The molecule has 0 saturated carbocycles. The lowest BCUT2D eigenvalue weighted by molar-refractivity contribution is -0.181. The normalized spacial score (nSPS) is 16.4. The van der Waals surface area contributed by atoms with E-state index in [2.05, 4.69) is 8.75 Å². The van der Waals surface area contributed by atoms with Gasteiger partial charge >= 0.3 is 29.8 Å². The van der Waals surface area contributed by atoms with Gasteiger partial charge in [-0.1, -0.05) is 0 Å². The fourth-order valence-electron chi connectivity index (χ4n) is 4.14. The number of ether oxygens (including phenoxy) is 7. The number of amides is 1. The number of hydrogen-bond donors (Lipinski definition) is 0. The Bertz CT molecular complexity index is 1260. The van der Waals surface area contributed by atoms with Crippen molar-refractivity contribution in [3.8, 4) is 5.88 Å². The molecule has 0 bridgehead atoms. The van der Waals surface area contributed by atoms with Crippen LogP contribution in [0.1, 0.15) is 62.3 Å². The first-order valence-corrected chi connectivity index (χ1v) is 15.7. The van der Waals surface area contributed by atoms with Crippen LogP contribution < -0.4 is 9.64 Å². The lowest BCUT2D eigenvalue weighted by Crippen LogP contribution is -2.54. The van der Waals surface area contributed by atoms with Gasteiger partial charge in [-0.2, -0.15) is 4.37 Å². The van der Waals surface area contributed by atoms with E-state index < -0.39 is 71.8 Å². The van der Waals surface area contributed by atoms with E-state index in [1.807, 2.05) is 4.90 Å². The highest BCUT2D eigenvalue weighted by molar-refractivity contribution is 6.99. The first-order chi connectivity index (χ1) is 21.9. The Kier molecular flexibility index (Phi) is 14.8. The molecule has 0 N–H and O–H groups in total. The van der Waals surface area contributed by atoms with Crippen LogP contribution >= 0.6 is 11.7 Å². The van der Waals surface area contributed by atoms with Crippen molar-refractivity contribution in [3.63, 3.8) is 0 Å². The molecule has 1 amide bonds. The molecule has 1 aromatic rings. The highest BCUT2D eigenvalue weighted by Crippen LogP contribution is 2.27. The van der Waals surface area contributed by atoms with E-state index >= 15 is 0 Å². The van der Waals surface area contributed by atoms with Crippen LogP contribution in [0.3, 0.4) is 0 Å². The second-order valence-corrected chi connectivity index (χ2v) is 12.2. The van der Waals surface area contributed by atoms with E-state index in [0.29, 0.717) is 32.1 Å². The predicted molar refractivity (Wildman–Crippen MR) is 163 cm³/mol. The molecule has 0 aromatic carbocycles. The molecule has 1 aromatic heterocycles. The Morgan fingerprint density at radius 1 is 0.787 bits per heavy atom. The minimum atomic E-state index is -1.42. The van der Waals surface area contributed by atoms with Gasteiger partial charge in [0.25, 0.3) is 11.8 Å². The summed E-state index contributed by atoms with van der Waals surface area (Å²) >= 11 is 0.929. The maximum absolute atomic E-state index is 13.6. The van der Waals surface area contributed by atoms with Crippen LogP contribution in [0.2, 0.25) is 0 Å². The summed E-state index contributed by atoms with van der Waals surface area (Å²) in [6.07, 6.45) is -6.39. The Balaban J connectivity index is 2.27. The number of carbonyl (C=O) groups is 6. The number of aromatic nitrogens is 2. The van der Waals surface area contributed by atoms with E-state index in [1.165, 1.54) is 32.6 Å². The van der Waals surface area contributed by atoms with Gasteiger partial charge in [0.15, 0.2) is 30.5 Å². The van der Waals surface area contributed by atoms with Gasteiger partial charge in [-0.3, -0.25) is 14.4 Å². The van der Waals surface area contributed by atoms with E-state index in [-0.39, 0.29) is 19.0 Å². The van der Waals surface area contributed by atoms with Crippen LogP contribution in [0.5, 0.6) is 5.88 Å². The molecule has 0 spiro atoms. The lowest BCUT2D eigenvalue weighted by atomic mass is 10.0. The highest BCUT2D eigenvalue weighted by atomic mass is 32.1. The van der Waals surface area contributed by atoms with Gasteiger partial charge in [-0.15, -0.1) is 4.37 Å². The zero-order valence-corrected chi connectivity index (χ0v) is 29.0. The fourth-order valence-corrected chi connectivity index (χ4v) is 4.66. The van der Waals surface area contributed by atoms with Crippen LogP contribution in [-0.4, -0.2) is 125 Å². The average molecular weight is 689 g/mol. The second-order valence-electron chi connectivity index (χ2n) is 11.6. The molecule has 1 fully saturated rings. The van der Waals surface area contributed by atoms with Crippen molar-refractivity contribution >= 4 is 53.3 Å². The molecule has 18 heteroatoms. The summed E-state index contributed by atoms with van der Waals surface area (Å²) in [5.41, 5.74) is -0.886. The van der Waals surface area contributed by atoms with E-state index in [1.54, 1.807) is 20.8 Å². The smallest absolute Gasteiger partial charge is 0.347 e. The maximum atomic E-state index is 13.6. The summed E-state index contributed by atoms with van der Waals surface area (Å²) < 4.78 is 45.6. The standard InChI is InChI=1S/C29H44N4O13S/c1-16(44-26(37)17(2)42-20(5)34)25(36)33(29(7,8)9)14-22(46-28(39)19(4)45-27(38)18(3)43-21(6)35)15-41-24-23(30-47-31-24)32-10-12-40-13-11-32/h16-19,22H,10-15H2,1-9H3/t16?,17?,18?,19?,22-/m0/s1. The van der Waals surface area contributed by atoms with E-state index in [9.17, 15) is 28.8 Å². The van der Waals surface area contributed by atoms with Crippen molar-refractivity contribution in [2.75, 3.05) is 44.4 Å². The Morgan fingerprint density at radius 2 is 1.28 bits per heavy atom. The first-order valence-electron chi connectivity index (χ1n) is 15.0. The maximum Gasteiger partial charge on any atom is 0.347 e. The summed E-state index contributed by atoms with van der Waals surface area (Å²) in [7, 11) is 0. The summed E-state index contributed by atoms with van der Waals surface area (Å²) in [5, 5.41) is 0. The molecular formula is C29H44N4O13S. The van der Waals surface area contributed by atoms with Crippen molar-refractivity contribution in [3.05, 3.63) is 0 Å². The highest BCUT2D eigenvalue weighted by Gasteiger charge is 2.37. The van der Waals surface area contributed by atoms with Gasteiger partial charge in [0, 0.05) is 32.5 Å². The van der Waals surface area contributed by atoms with Crippen molar-refractivity contribution in [1.29, 1.82) is 0 Å². The molecule has 1 aliphatic rings. The molecule has 0 aliphatic carbocycles. The van der Waals surface area contributed by atoms with Crippen LogP contribution in [0.4, 0.5) is 5.82 Å².